The SMILES string of the molecule is O=C(NCC1CCNCC1(F)F)c1ncnc2[nH]ccc12. The van der Waals surface area contributed by atoms with Gasteiger partial charge in [-0.25, -0.2) is 18.7 Å². The molecular formula is C13H15F2N5O. The highest BCUT2D eigenvalue weighted by atomic mass is 19.3. The van der Waals surface area contributed by atoms with Gasteiger partial charge >= 0.3 is 0 Å². The monoisotopic (exact) mass is 295 g/mol. The van der Waals surface area contributed by atoms with Crippen LogP contribution in [0.3, 0.4) is 0 Å². The van der Waals surface area contributed by atoms with Gasteiger partial charge in [-0.3, -0.25) is 4.79 Å². The molecule has 3 N–H and O–H groups in total. The fraction of sp³-hybridized carbons (Fsp3) is 0.462. The Balaban J connectivity index is 1.71. The second-order valence-corrected chi connectivity index (χ2v) is 5.10. The van der Waals surface area contributed by atoms with Crippen molar-refractivity contribution in [2.45, 2.75) is 12.3 Å². The molecule has 112 valence electrons. The highest BCUT2D eigenvalue weighted by Gasteiger charge is 2.41. The third kappa shape index (κ3) is 2.71. The van der Waals surface area contributed by atoms with Gasteiger partial charge in [0.1, 0.15) is 17.7 Å². The third-order valence-corrected chi connectivity index (χ3v) is 3.71. The van der Waals surface area contributed by atoms with Gasteiger partial charge in [0, 0.05) is 18.7 Å². The molecule has 0 bridgehead atoms. The van der Waals surface area contributed by atoms with E-state index < -0.39 is 17.7 Å². The summed E-state index contributed by atoms with van der Waals surface area (Å²) in [5.74, 6) is -4.12. The Labute approximate surface area is 119 Å². The number of hydrogen-bond donors (Lipinski definition) is 3. The molecule has 1 aliphatic heterocycles. The normalized spacial score (nSPS) is 21.3. The van der Waals surface area contributed by atoms with E-state index in [-0.39, 0.29) is 18.8 Å². The summed E-state index contributed by atoms with van der Waals surface area (Å²) < 4.78 is 27.4. The fourth-order valence-electron chi connectivity index (χ4n) is 2.49. The predicted molar refractivity (Wildman–Crippen MR) is 72.1 cm³/mol. The molecule has 1 atom stereocenters. The van der Waals surface area contributed by atoms with Crippen LogP contribution < -0.4 is 10.6 Å². The molecule has 0 spiro atoms. The molecular weight excluding hydrogens is 280 g/mol. The van der Waals surface area contributed by atoms with Gasteiger partial charge in [0.2, 0.25) is 0 Å². The first-order valence-electron chi connectivity index (χ1n) is 6.73. The van der Waals surface area contributed by atoms with E-state index in [9.17, 15) is 13.6 Å². The zero-order valence-electron chi connectivity index (χ0n) is 11.2. The average Bonchev–Trinajstić information content (AvgIpc) is 2.93. The molecule has 1 fully saturated rings. The molecule has 0 radical (unpaired) electrons. The summed E-state index contributed by atoms with van der Waals surface area (Å²) in [4.78, 5) is 22.9. The molecule has 0 aliphatic carbocycles. The first-order valence-corrected chi connectivity index (χ1v) is 6.73. The smallest absolute Gasteiger partial charge is 0.270 e. The van der Waals surface area contributed by atoms with E-state index in [1.54, 1.807) is 12.3 Å². The Morgan fingerprint density at radius 2 is 2.33 bits per heavy atom. The van der Waals surface area contributed by atoms with Crippen molar-refractivity contribution in [1.29, 1.82) is 0 Å². The van der Waals surface area contributed by atoms with Crippen molar-refractivity contribution in [2.75, 3.05) is 19.6 Å². The van der Waals surface area contributed by atoms with Crippen LogP contribution in [0.2, 0.25) is 0 Å². The van der Waals surface area contributed by atoms with Crippen LogP contribution in [-0.2, 0) is 0 Å². The number of halogens is 2. The first kappa shape index (κ1) is 13.9. The summed E-state index contributed by atoms with van der Waals surface area (Å²) in [6.07, 6.45) is 3.25. The maximum atomic E-state index is 13.7. The lowest BCUT2D eigenvalue weighted by Crippen LogP contribution is -2.50. The van der Waals surface area contributed by atoms with Crippen LogP contribution in [0.5, 0.6) is 0 Å². The van der Waals surface area contributed by atoms with Gasteiger partial charge in [0.15, 0.2) is 0 Å². The standard InChI is InChI=1S/C13H15F2N5O/c14-13(15)6-16-3-1-8(13)5-18-12(21)10-9-2-4-17-11(9)20-7-19-10/h2,4,7-8,16H,1,3,5-6H2,(H,18,21)(H,17,19,20). The topological polar surface area (TPSA) is 82.7 Å². The van der Waals surface area contributed by atoms with E-state index in [1.165, 1.54) is 6.33 Å². The zero-order chi connectivity index (χ0) is 14.9. The number of aromatic nitrogens is 3. The average molecular weight is 295 g/mol. The van der Waals surface area contributed by atoms with Crippen LogP contribution in [-0.4, -0.2) is 46.4 Å². The number of rotatable bonds is 3. The lowest BCUT2D eigenvalue weighted by atomic mass is 9.94. The zero-order valence-corrected chi connectivity index (χ0v) is 11.2. The second kappa shape index (κ2) is 5.36. The number of amides is 1. The number of H-pyrrole nitrogens is 1. The number of carbonyl (C=O) groups is 1. The summed E-state index contributed by atoms with van der Waals surface area (Å²) in [6, 6.07) is 1.68. The Bertz CT molecular complexity index is 657. The van der Waals surface area contributed by atoms with Gasteiger partial charge in [-0.15, -0.1) is 0 Å². The van der Waals surface area contributed by atoms with Crippen LogP contribution in [0.15, 0.2) is 18.6 Å². The van der Waals surface area contributed by atoms with E-state index in [0.29, 0.717) is 24.0 Å². The highest BCUT2D eigenvalue weighted by molar-refractivity contribution is 6.03. The number of aromatic amines is 1. The number of carbonyl (C=O) groups excluding carboxylic acids is 1. The minimum absolute atomic E-state index is 0.0660. The third-order valence-electron chi connectivity index (χ3n) is 3.71. The Kier molecular flexibility index (Phi) is 3.54. The Morgan fingerprint density at radius 1 is 1.48 bits per heavy atom. The maximum absolute atomic E-state index is 13.7. The molecule has 2 aromatic heterocycles. The Morgan fingerprint density at radius 3 is 3.14 bits per heavy atom. The lowest BCUT2D eigenvalue weighted by Gasteiger charge is -2.31. The van der Waals surface area contributed by atoms with Gasteiger partial charge in [-0.05, 0) is 19.0 Å². The van der Waals surface area contributed by atoms with E-state index in [2.05, 4.69) is 25.6 Å². The molecule has 3 heterocycles. The molecule has 8 heteroatoms. The summed E-state index contributed by atoms with van der Waals surface area (Å²) in [7, 11) is 0. The number of nitrogens with zero attached hydrogens (tertiary/aromatic N) is 2. The number of piperidine rings is 1. The van der Waals surface area contributed by atoms with Crippen molar-refractivity contribution < 1.29 is 13.6 Å². The van der Waals surface area contributed by atoms with E-state index in [4.69, 9.17) is 0 Å². The molecule has 1 amide bonds. The number of fused-ring (bicyclic) bond motifs is 1. The number of alkyl halides is 2. The van der Waals surface area contributed by atoms with E-state index in [1.807, 2.05) is 0 Å². The van der Waals surface area contributed by atoms with Crippen molar-refractivity contribution in [3.05, 3.63) is 24.3 Å². The van der Waals surface area contributed by atoms with Gasteiger partial charge in [-0.1, -0.05) is 0 Å². The number of nitrogens with one attached hydrogen (secondary N) is 3. The second-order valence-electron chi connectivity index (χ2n) is 5.10. The Hall–Kier alpha value is -2.09. The first-order chi connectivity index (χ1) is 10.1. The van der Waals surface area contributed by atoms with Crippen LogP contribution in [0.1, 0.15) is 16.9 Å². The van der Waals surface area contributed by atoms with Crippen LogP contribution in [0.25, 0.3) is 11.0 Å². The summed E-state index contributed by atoms with van der Waals surface area (Å²) in [5, 5.41) is 5.79. The molecule has 2 aromatic rings. The van der Waals surface area contributed by atoms with Crippen molar-refractivity contribution in [3.8, 4) is 0 Å². The molecule has 1 unspecified atom stereocenters. The van der Waals surface area contributed by atoms with Crippen LogP contribution >= 0.6 is 0 Å². The quantitative estimate of drug-likeness (QED) is 0.787. The van der Waals surface area contributed by atoms with E-state index >= 15 is 0 Å². The lowest BCUT2D eigenvalue weighted by molar-refractivity contribution is -0.0712. The molecule has 21 heavy (non-hydrogen) atoms. The largest absolute Gasteiger partial charge is 0.350 e. The van der Waals surface area contributed by atoms with Crippen molar-refractivity contribution >= 4 is 16.9 Å². The summed E-state index contributed by atoms with van der Waals surface area (Å²) in [6.45, 7) is 0.123. The minimum atomic E-state index is -2.80. The van der Waals surface area contributed by atoms with Crippen molar-refractivity contribution in [1.82, 2.24) is 25.6 Å². The van der Waals surface area contributed by atoms with Gasteiger partial charge in [-0.2, -0.15) is 0 Å². The minimum Gasteiger partial charge on any atom is -0.350 e. The van der Waals surface area contributed by atoms with Gasteiger partial charge in [0.05, 0.1) is 11.9 Å². The van der Waals surface area contributed by atoms with Gasteiger partial charge in [0.25, 0.3) is 11.8 Å². The molecule has 3 rings (SSSR count). The maximum Gasteiger partial charge on any atom is 0.270 e. The van der Waals surface area contributed by atoms with Gasteiger partial charge < -0.3 is 15.6 Å². The van der Waals surface area contributed by atoms with Crippen molar-refractivity contribution in [3.63, 3.8) is 0 Å². The molecule has 1 aliphatic rings. The van der Waals surface area contributed by atoms with Crippen LogP contribution in [0, 0.1) is 5.92 Å². The van der Waals surface area contributed by atoms with Crippen LogP contribution in [0.4, 0.5) is 8.78 Å². The predicted octanol–water partition coefficient (Wildman–Crippen LogP) is 0.932. The molecule has 0 aromatic carbocycles. The number of hydrogen-bond acceptors (Lipinski definition) is 4. The molecule has 1 saturated heterocycles. The highest BCUT2D eigenvalue weighted by Crippen LogP contribution is 2.28. The fourth-order valence-corrected chi connectivity index (χ4v) is 2.49. The molecule has 6 nitrogen and oxygen atoms in total. The summed E-state index contributed by atoms with van der Waals surface area (Å²) in [5.41, 5.74) is 0.737. The van der Waals surface area contributed by atoms with E-state index in [0.717, 1.165) is 0 Å². The molecule has 0 saturated carbocycles. The summed E-state index contributed by atoms with van der Waals surface area (Å²) >= 11 is 0. The van der Waals surface area contributed by atoms with Crippen molar-refractivity contribution in [2.24, 2.45) is 5.92 Å².